The largest absolute Gasteiger partial charge is 0.372 e. The van der Waals surface area contributed by atoms with E-state index < -0.39 is 0 Å². The molecule has 1 amide bonds. The Kier molecular flexibility index (Phi) is 7.15. The Hall–Kier alpha value is -1.39. The number of rotatable bonds is 8. The Morgan fingerprint density at radius 1 is 1.26 bits per heavy atom. The van der Waals surface area contributed by atoms with Crippen molar-refractivity contribution in [2.24, 2.45) is 0 Å². The van der Waals surface area contributed by atoms with Gasteiger partial charge in [0.25, 0.3) is 0 Å². The lowest BCUT2D eigenvalue weighted by molar-refractivity contribution is -0.120. The van der Waals surface area contributed by atoms with Crippen molar-refractivity contribution < 1.29 is 9.53 Å². The van der Waals surface area contributed by atoms with Crippen molar-refractivity contribution in [1.29, 1.82) is 0 Å². The van der Waals surface area contributed by atoms with E-state index in [0.717, 1.165) is 18.7 Å². The van der Waals surface area contributed by atoms with Crippen LogP contribution in [0.2, 0.25) is 0 Å². The molecule has 1 unspecified atom stereocenters. The summed E-state index contributed by atoms with van der Waals surface area (Å²) in [4.78, 5) is 11.5. The normalized spacial score (nSPS) is 12.2. The van der Waals surface area contributed by atoms with E-state index in [4.69, 9.17) is 4.74 Å². The number of hydrogen-bond donors (Lipinski definition) is 2. The zero-order chi connectivity index (χ0) is 14.1. The highest BCUT2D eigenvalue weighted by Crippen LogP contribution is 2.15. The van der Waals surface area contributed by atoms with Gasteiger partial charge in [-0.25, -0.2) is 0 Å². The van der Waals surface area contributed by atoms with Gasteiger partial charge in [-0.05, 0) is 44.5 Å². The van der Waals surface area contributed by atoms with Gasteiger partial charge in [0.15, 0.2) is 0 Å². The van der Waals surface area contributed by atoms with Gasteiger partial charge in [0.05, 0.1) is 0 Å². The molecule has 0 aromatic heterocycles. The minimum Gasteiger partial charge on any atom is -0.372 e. The molecular weight excluding hydrogens is 240 g/mol. The molecule has 0 aliphatic heterocycles. The molecule has 0 heterocycles. The van der Waals surface area contributed by atoms with E-state index in [2.05, 4.69) is 24.5 Å². The van der Waals surface area contributed by atoms with E-state index in [1.807, 2.05) is 31.2 Å². The molecule has 0 spiro atoms. The van der Waals surface area contributed by atoms with Gasteiger partial charge in [0, 0.05) is 18.3 Å². The number of nitrogens with one attached hydrogen (secondary N) is 2. The molecule has 106 valence electrons. The molecule has 0 aliphatic carbocycles. The van der Waals surface area contributed by atoms with Gasteiger partial charge in [-0.2, -0.15) is 0 Å². The molecular formula is C15H24N2O2. The monoisotopic (exact) mass is 264 g/mol. The van der Waals surface area contributed by atoms with E-state index >= 15 is 0 Å². The topological polar surface area (TPSA) is 50.4 Å². The van der Waals surface area contributed by atoms with Gasteiger partial charge >= 0.3 is 0 Å². The molecule has 0 radical (unpaired) electrons. The van der Waals surface area contributed by atoms with Crippen LogP contribution >= 0.6 is 0 Å². The fourth-order valence-corrected chi connectivity index (χ4v) is 1.73. The van der Waals surface area contributed by atoms with Gasteiger partial charge in [-0.15, -0.1) is 0 Å². The maximum atomic E-state index is 11.5. The molecule has 0 fully saturated rings. The standard InChI is InChI=1S/C15H24N2O2/c1-4-10-16-12(3)13-6-8-14(9-7-13)17-15(18)11-19-5-2/h6-9,12,16H,4-5,10-11H2,1-3H3,(H,17,18). The molecule has 4 heteroatoms. The van der Waals surface area contributed by atoms with Gasteiger partial charge in [-0.3, -0.25) is 4.79 Å². The molecule has 0 aliphatic rings. The van der Waals surface area contributed by atoms with Crippen LogP contribution in [0.5, 0.6) is 0 Å². The van der Waals surface area contributed by atoms with Crippen LogP contribution in [0.25, 0.3) is 0 Å². The first-order valence-electron chi connectivity index (χ1n) is 6.88. The molecule has 1 aromatic rings. The molecule has 1 rings (SSSR count). The number of benzene rings is 1. The first-order valence-corrected chi connectivity index (χ1v) is 6.88. The van der Waals surface area contributed by atoms with Crippen molar-refractivity contribution in [1.82, 2.24) is 5.32 Å². The van der Waals surface area contributed by atoms with E-state index in [0.29, 0.717) is 12.6 Å². The molecule has 0 bridgehead atoms. The number of carbonyl (C=O) groups excluding carboxylic acids is 1. The SMILES string of the molecule is CCCNC(C)c1ccc(NC(=O)COCC)cc1. The summed E-state index contributed by atoms with van der Waals surface area (Å²) in [6.07, 6.45) is 1.12. The fourth-order valence-electron chi connectivity index (χ4n) is 1.73. The van der Waals surface area contributed by atoms with Crippen LogP contribution in [0.4, 0.5) is 5.69 Å². The first-order chi connectivity index (χ1) is 9.17. The van der Waals surface area contributed by atoms with E-state index in [-0.39, 0.29) is 12.5 Å². The van der Waals surface area contributed by atoms with Crippen molar-refractivity contribution in [3.8, 4) is 0 Å². The highest BCUT2D eigenvalue weighted by Gasteiger charge is 2.05. The Balaban J connectivity index is 2.49. The summed E-state index contributed by atoms with van der Waals surface area (Å²) in [6, 6.07) is 8.23. The maximum absolute atomic E-state index is 11.5. The van der Waals surface area contributed by atoms with E-state index in [1.165, 1.54) is 5.56 Å². The fraction of sp³-hybridized carbons (Fsp3) is 0.533. The molecule has 1 aromatic carbocycles. The second kappa shape index (κ2) is 8.67. The van der Waals surface area contributed by atoms with Crippen LogP contribution in [0, 0.1) is 0 Å². The van der Waals surface area contributed by atoms with Gasteiger partial charge in [0.1, 0.15) is 6.61 Å². The van der Waals surface area contributed by atoms with Crippen LogP contribution < -0.4 is 10.6 Å². The zero-order valence-electron chi connectivity index (χ0n) is 12.0. The highest BCUT2D eigenvalue weighted by atomic mass is 16.5. The first kappa shape index (κ1) is 15.7. The molecule has 2 N–H and O–H groups in total. The molecule has 4 nitrogen and oxygen atoms in total. The summed E-state index contributed by atoms with van der Waals surface area (Å²) in [5.41, 5.74) is 2.02. The molecule has 0 saturated carbocycles. The van der Waals surface area contributed by atoms with Gasteiger partial charge in [0.2, 0.25) is 5.91 Å². The Morgan fingerprint density at radius 2 is 1.95 bits per heavy atom. The zero-order valence-corrected chi connectivity index (χ0v) is 12.0. The number of amides is 1. The summed E-state index contributed by atoms with van der Waals surface area (Å²) in [5, 5.41) is 6.23. The molecule has 0 saturated heterocycles. The van der Waals surface area contributed by atoms with Crippen molar-refractivity contribution in [2.45, 2.75) is 33.2 Å². The molecule has 1 atom stereocenters. The predicted molar refractivity (Wildman–Crippen MR) is 78.3 cm³/mol. The van der Waals surface area contributed by atoms with Crippen LogP contribution in [0.1, 0.15) is 38.8 Å². The average molecular weight is 264 g/mol. The smallest absolute Gasteiger partial charge is 0.250 e. The number of anilines is 1. The van der Waals surface area contributed by atoms with E-state index in [9.17, 15) is 4.79 Å². The van der Waals surface area contributed by atoms with Gasteiger partial charge in [-0.1, -0.05) is 19.1 Å². The average Bonchev–Trinajstić information content (AvgIpc) is 2.43. The minimum absolute atomic E-state index is 0.104. The van der Waals surface area contributed by atoms with Crippen LogP contribution in [0.3, 0.4) is 0 Å². The number of ether oxygens (including phenoxy) is 1. The summed E-state index contributed by atoms with van der Waals surface area (Å²) in [6.45, 7) is 7.81. The van der Waals surface area contributed by atoms with Crippen LogP contribution in [0.15, 0.2) is 24.3 Å². The van der Waals surface area contributed by atoms with Crippen molar-refractivity contribution in [3.05, 3.63) is 29.8 Å². The highest BCUT2D eigenvalue weighted by molar-refractivity contribution is 5.91. The lowest BCUT2D eigenvalue weighted by Gasteiger charge is -2.14. The third kappa shape index (κ3) is 5.85. The minimum atomic E-state index is -0.119. The van der Waals surface area contributed by atoms with Crippen molar-refractivity contribution in [3.63, 3.8) is 0 Å². The summed E-state index contributed by atoms with van der Waals surface area (Å²) in [5.74, 6) is -0.119. The van der Waals surface area contributed by atoms with Crippen LogP contribution in [-0.4, -0.2) is 25.7 Å². The summed E-state index contributed by atoms with van der Waals surface area (Å²) in [7, 11) is 0. The second-order valence-electron chi connectivity index (χ2n) is 4.48. The Labute approximate surface area is 115 Å². The van der Waals surface area contributed by atoms with Crippen molar-refractivity contribution in [2.75, 3.05) is 25.1 Å². The Morgan fingerprint density at radius 3 is 2.53 bits per heavy atom. The predicted octanol–water partition coefficient (Wildman–Crippen LogP) is 2.72. The van der Waals surface area contributed by atoms with Crippen molar-refractivity contribution >= 4 is 11.6 Å². The lowest BCUT2D eigenvalue weighted by atomic mass is 10.1. The van der Waals surface area contributed by atoms with E-state index in [1.54, 1.807) is 0 Å². The van der Waals surface area contributed by atoms with Gasteiger partial charge < -0.3 is 15.4 Å². The quantitative estimate of drug-likeness (QED) is 0.759. The van der Waals surface area contributed by atoms with Crippen LogP contribution in [-0.2, 0) is 9.53 Å². The second-order valence-corrected chi connectivity index (χ2v) is 4.48. The maximum Gasteiger partial charge on any atom is 0.250 e. The third-order valence-electron chi connectivity index (χ3n) is 2.83. The third-order valence-corrected chi connectivity index (χ3v) is 2.83. The summed E-state index contributed by atoms with van der Waals surface area (Å²) >= 11 is 0. The lowest BCUT2D eigenvalue weighted by Crippen LogP contribution is -2.20. The Bertz CT molecular complexity index is 376. The molecule has 19 heavy (non-hydrogen) atoms. The number of carbonyl (C=O) groups is 1. The number of hydrogen-bond acceptors (Lipinski definition) is 3. The summed E-state index contributed by atoms with van der Waals surface area (Å²) < 4.78 is 5.05.